The Bertz CT molecular complexity index is 610. The molecule has 2 saturated heterocycles. The van der Waals surface area contributed by atoms with Crippen LogP contribution >= 0.6 is 27.5 Å². The van der Waals surface area contributed by atoms with E-state index in [1.54, 1.807) is 23.1 Å². The number of aliphatic carboxylic acids is 1. The van der Waals surface area contributed by atoms with Crippen LogP contribution in [0.5, 0.6) is 0 Å². The number of carbonyl (C=O) groups is 2. The van der Waals surface area contributed by atoms with Crippen LogP contribution in [0.2, 0.25) is 5.02 Å². The Morgan fingerprint density at radius 3 is 2.76 bits per heavy atom. The minimum Gasteiger partial charge on any atom is -0.481 e. The summed E-state index contributed by atoms with van der Waals surface area (Å²) in [6.45, 7) is 0. The number of hydrogen-bond donors (Lipinski definition) is 2. The average molecular weight is 374 g/mol. The zero-order valence-corrected chi connectivity index (χ0v) is 13.4. The van der Waals surface area contributed by atoms with Crippen molar-refractivity contribution in [3.05, 3.63) is 27.7 Å². The molecule has 2 N–H and O–H groups in total. The van der Waals surface area contributed by atoms with Crippen LogP contribution in [0.3, 0.4) is 0 Å². The molecule has 0 radical (unpaired) electrons. The van der Waals surface area contributed by atoms with Gasteiger partial charge < -0.3 is 15.3 Å². The van der Waals surface area contributed by atoms with Gasteiger partial charge in [0.2, 0.25) is 0 Å². The number of nitrogens with one attached hydrogen (secondary N) is 1. The van der Waals surface area contributed by atoms with Crippen molar-refractivity contribution < 1.29 is 14.7 Å². The lowest BCUT2D eigenvalue weighted by Crippen LogP contribution is -2.40. The van der Waals surface area contributed by atoms with Gasteiger partial charge in [-0.3, -0.25) is 4.79 Å². The number of amides is 2. The minimum atomic E-state index is -0.812. The molecule has 2 bridgehead atoms. The van der Waals surface area contributed by atoms with E-state index in [1.807, 2.05) is 0 Å². The van der Waals surface area contributed by atoms with Crippen LogP contribution in [0.25, 0.3) is 0 Å². The van der Waals surface area contributed by atoms with Gasteiger partial charge in [-0.2, -0.15) is 0 Å². The number of urea groups is 1. The van der Waals surface area contributed by atoms with Gasteiger partial charge in [-0.05, 0) is 53.4 Å². The van der Waals surface area contributed by atoms with E-state index >= 15 is 0 Å². The second-order valence-corrected chi connectivity index (χ2v) is 6.73. The summed E-state index contributed by atoms with van der Waals surface area (Å²) in [4.78, 5) is 25.4. The standard InChI is InChI=1S/C14H14BrClN2O3/c15-10-5-7(16)1-3-11(10)17-14(21)18-8-2-4-12(18)9(6-8)13(19)20/h1,3,5,8-9,12H,2,4,6H2,(H,17,21)(H,19,20). The first-order valence-electron chi connectivity index (χ1n) is 6.74. The zero-order valence-electron chi connectivity index (χ0n) is 11.1. The van der Waals surface area contributed by atoms with E-state index in [-0.39, 0.29) is 18.1 Å². The summed E-state index contributed by atoms with van der Waals surface area (Å²) in [5.74, 6) is -1.25. The molecule has 3 atom stereocenters. The molecular formula is C14H14BrClN2O3. The van der Waals surface area contributed by atoms with E-state index in [2.05, 4.69) is 21.2 Å². The van der Waals surface area contributed by atoms with E-state index in [0.717, 1.165) is 12.8 Å². The average Bonchev–Trinajstić information content (AvgIpc) is 2.99. The maximum Gasteiger partial charge on any atom is 0.322 e. The van der Waals surface area contributed by atoms with Gasteiger partial charge in [0.25, 0.3) is 0 Å². The van der Waals surface area contributed by atoms with Crippen molar-refractivity contribution >= 4 is 45.2 Å². The maximum absolute atomic E-state index is 12.4. The molecule has 2 fully saturated rings. The van der Waals surface area contributed by atoms with Gasteiger partial charge in [-0.15, -0.1) is 0 Å². The molecule has 5 nitrogen and oxygen atoms in total. The summed E-state index contributed by atoms with van der Waals surface area (Å²) in [5, 5.41) is 12.6. The van der Waals surface area contributed by atoms with Crippen molar-refractivity contribution in [2.75, 3.05) is 5.32 Å². The molecule has 0 saturated carbocycles. The summed E-state index contributed by atoms with van der Waals surface area (Å²) in [6.07, 6.45) is 2.19. The Labute approximate surface area is 135 Å². The lowest BCUT2D eigenvalue weighted by molar-refractivity contribution is -0.142. The summed E-state index contributed by atoms with van der Waals surface area (Å²) in [6, 6.07) is 4.71. The van der Waals surface area contributed by atoms with E-state index in [1.165, 1.54) is 0 Å². The minimum absolute atomic E-state index is 0.0298. The van der Waals surface area contributed by atoms with Crippen molar-refractivity contribution in [2.24, 2.45) is 5.92 Å². The Balaban J connectivity index is 1.76. The van der Waals surface area contributed by atoms with Crippen LogP contribution in [0.4, 0.5) is 10.5 Å². The van der Waals surface area contributed by atoms with Gasteiger partial charge in [0.1, 0.15) is 0 Å². The fourth-order valence-electron chi connectivity index (χ4n) is 3.34. The molecular weight excluding hydrogens is 360 g/mol. The number of halogens is 2. The molecule has 2 amide bonds. The van der Waals surface area contributed by atoms with Gasteiger partial charge >= 0.3 is 12.0 Å². The highest BCUT2D eigenvalue weighted by Gasteiger charge is 2.51. The smallest absolute Gasteiger partial charge is 0.322 e. The highest BCUT2D eigenvalue weighted by Crippen LogP contribution is 2.42. The number of fused-ring (bicyclic) bond motifs is 2. The van der Waals surface area contributed by atoms with Crippen LogP contribution in [-0.2, 0) is 4.79 Å². The second-order valence-electron chi connectivity index (χ2n) is 5.44. The normalized spacial score (nSPS) is 27.0. The molecule has 21 heavy (non-hydrogen) atoms. The van der Waals surface area contributed by atoms with Crippen molar-refractivity contribution in [1.29, 1.82) is 0 Å². The van der Waals surface area contributed by atoms with E-state index in [4.69, 9.17) is 11.6 Å². The fraction of sp³-hybridized carbons (Fsp3) is 0.429. The Kier molecular flexibility index (Phi) is 3.84. The highest BCUT2D eigenvalue weighted by molar-refractivity contribution is 9.10. The fourth-order valence-corrected chi connectivity index (χ4v) is 4.12. The van der Waals surface area contributed by atoms with Gasteiger partial charge in [0, 0.05) is 21.6 Å². The Morgan fingerprint density at radius 1 is 1.38 bits per heavy atom. The second kappa shape index (κ2) is 5.50. The largest absolute Gasteiger partial charge is 0.481 e. The zero-order chi connectivity index (χ0) is 15.1. The van der Waals surface area contributed by atoms with Crippen LogP contribution in [0.1, 0.15) is 19.3 Å². The number of hydrogen-bond acceptors (Lipinski definition) is 2. The van der Waals surface area contributed by atoms with Crippen LogP contribution in [0.15, 0.2) is 22.7 Å². The molecule has 2 aliphatic heterocycles. The van der Waals surface area contributed by atoms with Crippen molar-refractivity contribution in [2.45, 2.75) is 31.3 Å². The monoisotopic (exact) mass is 372 g/mol. The summed E-state index contributed by atoms with van der Waals surface area (Å²) in [7, 11) is 0. The molecule has 0 aliphatic carbocycles. The van der Waals surface area contributed by atoms with Crippen molar-refractivity contribution in [1.82, 2.24) is 4.90 Å². The van der Waals surface area contributed by atoms with E-state index < -0.39 is 11.9 Å². The number of anilines is 1. The number of carboxylic acid groups (broad SMARTS) is 1. The Morgan fingerprint density at radius 2 is 2.14 bits per heavy atom. The molecule has 2 heterocycles. The predicted molar refractivity (Wildman–Crippen MR) is 82.6 cm³/mol. The van der Waals surface area contributed by atoms with Crippen molar-refractivity contribution in [3.63, 3.8) is 0 Å². The highest BCUT2D eigenvalue weighted by atomic mass is 79.9. The first-order valence-corrected chi connectivity index (χ1v) is 7.91. The Hall–Kier alpha value is -1.27. The quantitative estimate of drug-likeness (QED) is 0.832. The lowest BCUT2D eigenvalue weighted by Gasteiger charge is -2.23. The van der Waals surface area contributed by atoms with Gasteiger partial charge in [-0.25, -0.2) is 4.79 Å². The van der Waals surface area contributed by atoms with Gasteiger partial charge in [0.05, 0.1) is 11.6 Å². The van der Waals surface area contributed by atoms with Crippen LogP contribution < -0.4 is 5.32 Å². The predicted octanol–water partition coefficient (Wildman–Crippen LogP) is 3.57. The third-order valence-corrected chi connectivity index (χ3v) is 5.15. The summed E-state index contributed by atoms with van der Waals surface area (Å²) in [5.41, 5.74) is 0.627. The lowest BCUT2D eigenvalue weighted by atomic mass is 9.89. The number of nitrogens with zero attached hydrogens (tertiary/aromatic N) is 1. The molecule has 0 aromatic heterocycles. The topological polar surface area (TPSA) is 69.6 Å². The first-order chi connectivity index (χ1) is 9.97. The number of carboxylic acids is 1. The van der Waals surface area contributed by atoms with Crippen molar-refractivity contribution in [3.8, 4) is 0 Å². The molecule has 1 aromatic carbocycles. The number of benzene rings is 1. The van der Waals surface area contributed by atoms with Crippen LogP contribution in [0, 0.1) is 5.92 Å². The third-order valence-electron chi connectivity index (χ3n) is 4.26. The molecule has 1 aromatic rings. The van der Waals surface area contributed by atoms with Gasteiger partial charge in [0.15, 0.2) is 0 Å². The van der Waals surface area contributed by atoms with E-state index in [9.17, 15) is 14.7 Å². The maximum atomic E-state index is 12.4. The summed E-state index contributed by atoms with van der Waals surface area (Å²) >= 11 is 9.23. The molecule has 112 valence electrons. The van der Waals surface area contributed by atoms with Crippen LogP contribution in [-0.4, -0.2) is 34.1 Å². The molecule has 0 spiro atoms. The number of carbonyl (C=O) groups excluding carboxylic acids is 1. The molecule has 2 aliphatic rings. The SMILES string of the molecule is O=C(O)C1CC2CCC1N2C(=O)Nc1ccc(Cl)cc1Br. The van der Waals surface area contributed by atoms with E-state index in [0.29, 0.717) is 21.6 Å². The molecule has 7 heteroatoms. The molecule has 3 rings (SSSR count). The third kappa shape index (κ3) is 2.62. The summed E-state index contributed by atoms with van der Waals surface area (Å²) < 4.78 is 0.699. The molecule has 3 unspecified atom stereocenters. The first kappa shape index (κ1) is 14.7. The number of rotatable bonds is 2. The van der Waals surface area contributed by atoms with Gasteiger partial charge in [-0.1, -0.05) is 11.6 Å².